The van der Waals surface area contributed by atoms with Gasteiger partial charge in [-0.1, -0.05) is 12.8 Å². The molecule has 0 aromatic rings. The van der Waals surface area contributed by atoms with Gasteiger partial charge in [-0.3, -0.25) is 0 Å². The maximum Gasteiger partial charge on any atom is 0.0613 e. The maximum atomic E-state index is 9.23. The number of hydrogen-bond donors (Lipinski definition) is 2. The molecule has 2 heteroatoms. The Bertz CT molecular complexity index is 136. The maximum absolute atomic E-state index is 9.23. The summed E-state index contributed by atoms with van der Waals surface area (Å²) in [5.41, 5.74) is 0.126. The van der Waals surface area contributed by atoms with Crippen molar-refractivity contribution in [3.8, 4) is 0 Å². The topological polar surface area (TPSA) is 32.3 Å². The Morgan fingerprint density at radius 1 is 1.45 bits per heavy atom. The third-order valence-electron chi connectivity index (χ3n) is 3.01. The molecule has 1 heterocycles. The number of aliphatic hydroxyl groups excluding tert-OH is 1. The normalized spacial score (nSPS) is 37.9. The monoisotopic (exact) mass is 155 g/mol. The van der Waals surface area contributed by atoms with Crippen molar-refractivity contribution < 1.29 is 5.11 Å². The molecule has 1 aliphatic heterocycles. The predicted molar refractivity (Wildman–Crippen MR) is 44.4 cm³/mol. The zero-order chi connectivity index (χ0) is 7.73. The van der Waals surface area contributed by atoms with Gasteiger partial charge in [0.1, 0.15) is 0 Å². The molecule has 2 rings (SSSR count). The fraction of sp³-hybridized carbons (Fsp3) is 1.00. The molecule has 2 N–H and O–H groups in total. The Kier molecular flexibility index (Phi) is 1.90. The molecule has 1 atom stereocenters. The van der Waals surface area contributed by atoms with E-state index in [0.717, 1.165) is 12.5 Å². The third kappa shape index (κ3) is 1.57. The van der Waals surface area contributed by atoms with Gasteiger partial charge in [0.05, 0.1) is 6.61 Å². The van der Waals surface area contributed by atoms with Crippen LogP contribution >= 0.6 is 0 Å². The second kappa shape index (κ2) is 2.76. The van der Waals surface area contributed by atoms with Gasteiger partial charge in [0.2, 0.25) is 0 Å². The Morgan fingerprint density at radius 3 is 2.73 bits per heavy atom. The van der Waals surface area contributed by atoms with E-state index >= 15 is 0 Å². The van der Waals surface area contributed by atoms with Crippen molar-refractivity contribution in [1.82, 2.24) is 5.32 Å². The molecule has 0 aromatic heterocycles. The fourth-order valence-corrected chi connectivity index (χ4v) is 2.12. The summed E-state index contributed by atoms with van der Waals surface area (Å²) in [6.07, 6.45) is 6.42. The lowest BCUT2D eigenvalue weighted by Crippen LogP contribution is -2.43. The summed E-state index contributed by atoms with van der Waals surface area (Å²) in [6, 6.07) is 0. The lowest BCUT2D eigenvalue weighted by Gasteiger charge is -2.26. The van der Waals surface area contributed by atoms with E-state index in [2.05, 4.69) is 5.32 Å². The van der Waals surface area contributed by atoms with Crippen molar-refractivity contribution in [2.75, 3.05) is 13.2 Å². The zero-order valence-electron chi connectivity index (χ0n) is 6.97. The van der Waals surface area contributed by atoms with E-state index in [9.17, 15) is 5.11 Å². The Balaban J connectivity index is 1.91. The lowest BCUT2D eigenvalue weighted by atomic mass is 9.92. The van der Waals surface area contributed by atoms with E-state index in [0.29, 0.717) is 6.61 Å². The van der Waals surface area contributed by atoms with Gasteiger partial charge in [0, 0.05) is 5.54 Å². The third-order valence-corrected chi connectivity index (χ3v) is 3.01. The van der Waals surface area contributed by atoms with Gasteiger partial charge in [-0.25, -0.2) is 0 Å². The molecule has 1 saturated carbocycles. The number of nitrogens with one attached hydrogen (secondary N) is 1. The van der Waals surface area contributed by atoms with Gasteiger partial charge in [-0.2, -0.15) is 0 Å². The average molecular weight is 155 g/mol. The first kappa shape index (κ1) is 7.56. The molecule has 0 radical (unpaired) electrons. The van der Waals surface area contributed by atoms with Crippen LogP contribution in [0.5, 0.6) is 0 Å². The van der Waals surface area contributed by atoms with Gasteiger partial charge >= 0.3 is 0 Å². The van der Waals surface area contributed by atoms with Crippen LogP contribution in [0.2, 0.25) is 0 Å². The van der Waals surface area contributed by atoms with E-state index in [1.165, 1.54) is 32.1 Å². The summed E-state index contributed by atoms with van der Waals surface area (Å²) >= 11 is 0. The van der Waals surface area contributed by atoms with Crippen LogP contribution < -0.4 is 5.32 Å². The van der Waals surface area contributed by atoms with Crippen molar-refractivity contribution in [3.63, 3.8) is 0 Å². The highest BCUT2D eigenvalue weighted by Gasteiger charge is 2.38. The smallest absolute Gasteiger partial charge is 0.0613 e. The average Bonchev–Trinajstić information content (AvgIpc) is 2.68. The Morgan fingerprint density at radius 2 is 2.27 bits per heavy atom. The summed E-state index contributed by atoms with van der Waals surface area (Å²) < 4.78 is 0. The summed E-state index contributed by atoms with van der Waals surface area (Å²) in [5, 5.41) is 12.7. The second-order valence-corrected chi connectivity index (χ2v) is 4.12. The molecule has 2 fully saturated rings. The van der Waals surface area contributed by atoms with Crippen LogP contribution in [0.15, 0.2) is 0 Å². The van der Waals surface area contributed by atoms with Crippen LogP contribution in [0.3, 0.4) is 0 Å². The lowest BCUT2D eigenvalue weighted by molar-refractivity contribution is 0.163. The SMILES string of the molecule is OCC1(CC2CC2)CCCN1. The van der Waals surface area contributed by atoms with Gasteiger partial charge < -0.3 is 10.4 Å². The number of hydrogen-bond acceptors (Lipinski definition) is 2. The van der Waals surface area contributed by atoms with Gasteiger partial charge in [-0.05, 0) is 31.7 Å². The van der Waals surface area contributed by atoms with E-state index in [1.54, 1.807) is 0 Å². The van der Waals surface area contributed by atoms with Crippen LogP contribution in [-0.4, -0.2) is 23.8 Å². The highest BCUT2D eigenvalue weighted by atomic mass is 16.3. The molecule has 0 amide bonds. The minimum atomic E-state index is 0.126. The van der Waals surface area contributed by atoms with Gasteiger partial charge in [0.25, 0.3) is 0 Å². The van der Waals surface area contributed by atoms with Crippen LogP contribution in [0.1, 0.15) is 32.1 Å². The second-order valence-electron chi connectivity index (χ2n) is 4.12. The van der Waals surface area contributed by atoms with Crippen molar-refractivity contribution >= 4 is 0 Å². The molecular formula is C9H17NO. The van der Waals surface area contributed by atoms with Crippen molar-refractivity contribution in [2.24, 2.45) is 5.92 Å². The molecule has 2 aliphatic rings. The number of rotatable bonds is 3. The summed E-state index contributed by atoms with van der Waals surface area (Å²) in [7, 11) is 0. The fourth-order valence-electron chi connectivity index (χ4n) is 2.12. The summed E-state index contributed by atoms with van der Waals surface area (Å²) in [6.45, 7) is 1.44. The Labute approximate surface area is 68.0 Å². The van der Waals surface area contributed by atoms with Crippen LogP contribution in [0, 0.1) is 5.92 Å². The molecule has 0 spiro atoms. The van der Waals surface area contributed by atoms with E-state index < -0.39 is 0 Å². The van der Waals surface area contributed by atoms with E-state index in [1.807, 2.05) is 0 Å². The Hall–Kier alpha value is -0.0800. The molecule has 1 saturated heterocycles. The van der Waals surface area contributed by atoms with E-state index in [4.69, 9.17) is 0 Å². The highest BCUT2D eigenvalue weighted by molar-refractivity contribution is 4.96. The minimum absolute atomic E-state index is 0.126. The van der Waals surface area contributed by atoms with E-state index in [-0.39, 0.29) is 5.54 Å². The largest absolute Gasteiger partial charge is 0.394 e. The predicted octanol–water partition coefficient (Wildman–Crippen LogP) is 0.901. The molecule has 11 heavy (non-hydrogen) atoms. The molecule has 64 valence electrons. The van der Waals surface area contributed by atoms with Crippen molar-refractivity contribution in [2.45, 2.75) is 37.6 Å². The molecule has 0 aromatic carbocycles. The van der Waals surface area contributed by atoms with Crippen LogP contribution in [0.25, 0.3) is 0 Å². The summed E-state index contributed by atoms with van der Waals surface area (Å²) in [5.74, 6) is 0.924. The van der Waals surface area contributed by atoms with Crippen LogP contribution in [-0.2, 0) is 0 Å². The van der Waals surface area contributed by atoms with Crippen molar-refractivity contribution in [1.29, 1.82) is 0 Å². The van der Waals surface area contributed by atoms with Gasteiger partial charge in [-0.15, -0.1) is 0 Å². The van der Waals surface area contributed by atoms with Crippen molar-refractivity contribution in [3.05, 3.63) is 0 Å². The quantitative estimate of drug-likeness (QED) is 0.634. The minimum Gasteiger partial charge on any atom is -0.394 e. The standard InChI is InChI=1S/C9H17NO/c11-7-9(4-1-5-10-9)6-8-2-3-8/h8,10-11H,1-7H2. The highest BCUT2D eigenvalue weighted by Crippen LogP contribution is 2.39. The molecular weight excluding hydrogens is 138 g/mol. The first-order chi connectivity index (χ1) is 5.35. The molecule has 1 unspecified atom stereocenters. The zero-order valence-corrected chi connectivity index (χ0v) is 6.97. The first-order valence-corrected chi connectivity index (χ1v) is 4.71. The summed E-state index contributed by atoms with van der Waals surface area (Å²) in [4.78, 5) is 0. The first-order valence-electron chi connectivity index (χ1n) is 4.71. The molecule has 2 nitrogen and oxygen atoms in total. The number of aliphatic hydroxyl groups is 1. The van der Waals surface area contributed by atoms with Crippen LogP contribution in [0.4, 0.5) is 0 Å². The van der Waals surface area contributed by atoms with Gasteiger partial charge in [0.15, 0.2) is 0 Å². The molecule has 0 bridgehead atoms. The molecule has 1 aliphatic carbocycles.